The van der Waals surface area contributed by atoms with Gasteiger partial charge in [0.1, 0.15) is 5.75 Å². The van der Waals surface area contributed by atoms with Crippen molar-refractivity contribution < 1.29 is 9.53 Å². The second kappa shape index (κ2) is 7.74. The number of hydrogen-bond acceptors (Lipinski definition) is 5. The zero-order valence-electron chi connectivity index (χ0n) is 17.3. The standard InChI is InChI=1S/C22H21ClN4O2S/c1-11-8-17-20(30-22(24-17)27-13(3)9-12(2)26-27)14(4)19(11)25-21(28)15-6-7-18(29-5)16(23)10-15/h6-10H,1-5H3,(H,25,28). The third-order valence-electron chi connectivity index (χ3n) is 4.95. The van der Waals surface area contributed by atoms with Crippen molar-refractivity contribution in [1.82, 2.24) is 14.8 Å². The van der Waals surface area contributed by atoms with Gasteiger partial charge >= 0.3 is 0 Å². The number of halogens is 1. The van der Waals surface area contributed by atoms with E-state index in [9.17, 15) is 4.79 Å². The van der Waals surface area contributed by atoms with Gasteiger partial charge in [-0.25, -0.2) is 9.67 Å². The van der Waals surface area contributed by atoms with Crippen LogP contribution in [0.1, 0.15) is 32.9 Å². The number of anilines is 1. The Balaban J connectivity index is 1.72. The number of carbonyl (C=O) groups excluding carboxylic acids is 1. The first kappa shape index (κ1) is 20.4. The lowest BCUT2D eigenvalue weighted by atomic mass is 10.1. The molecule has 0 spiro atoms. The van der Waals surface area contributed by atoms with Gasteiger partial charge in [0, 0.05) is 16.9 Å². The zero-order valence-corrected chi connectivity index (χ0v) is 18.9. The van der Waals surface area contributed by atoms with Crippen molar-refractivity contribution >= 4 is 44.7 Å². The molecule has 0 fully saturated rings. The lowest BCUT2D eigenvalue weighted by molar-refractivity contribution is 0.102. The van der Waals surface area contributed by atoms with Crippen LogP contribution in [-0.2, 0) is 0 Å². The van der Waals surface area contributed by atoms with Crippen molar-refractivity contribution in [1.29, 1.82) is 0 Å². The molecule has 0 saturated carbocycles. The van der Waals surface area contributed by atoms with Gasteiger partial charge < -0.3 is 10.1 Å². The first-order valence-corrected chi connectivity index (χ1v) is 10.6. The summed E-state index contributed by atoms with van der Waals surface area (Å²) in [5.41, 5.74) is 6.04. The van der Waals surface area contributed by atoms with Crippen molar-refractivity contribution in [2.45, 2.75) is 27.7 Å². The Morgan fingerprint density at radius 3 is 2.57 bits per heavy atom. The van der Waals surface area contributed by atoms with Crippen LogP contribution in [0.25, 0.3) is 15.3 Å². The van der Waals surface area contributed by atoms with Crippen LogP contribution in [0.15, 0.2) is 30.3 Å². The second-order valence-electron chi connectivity index (χ2n) is 7.18. The van der Waals surface area contributed by atoms with Crippen molar-refractivity contribution in [3.8, 4) is 10.9 Å². The van der Waals surface area contributed by atoms with E-state index in [0.717, 1.165) is 43.6 Å². The number of nitrogens with one attached hydrogen (secondary N) is 1. The van der Waals surface area contributed by atoms with Gasteiger partial charge in [-0.15, -0.1) is 0 Å². The molecule has 0 unspecified atom stereocenters. The largest absolute Gasteiger partial charge is 0.495 e. The summed E-state index contributed by atoms with van der Waals surface area (Å²) in [6.45, 7) is 7.93. The van der Waals surface area contributed by atoms with E-state index in [1.807, 2.05) is 44.5 Å². The lowest BCUT2D eigenvalue weighted by Gasteiger charge is -2.13. The van der Waals surface area contributed by atoms with Gasteiger partial charge in [0.25, 0.3) is 5.91 Å². The van der Waals surface area contributed by atoms with E-state index < -0.39 is 0 Å². The molecule has 2 heterocycles. The fourth-order valence-corrected chi connectivity index (χ4v) is 4.79. The third kappa shape index (κ3) is 3.55. The molecule has 2 aromatic carbocycles. The molecule has 4 rings (SSSR count). The number of methoxy groups -OCH3 is 1. The molecule has 4 aromatic rings. The summed E-state index contributed by atoms with van der Waals surface area (Å²) in [5, 5.41) is 8.77. The van der Waals surface area contributed by atoms with E-state index in [4.69, 9.17) is 21.3 Å². The third-order valence-corrected chi connectivity index (χ3v) is 6.41. The number of amides is 1. The number of carbonyl (C=O) groups is 1. The molecule has 154 valence electrons. The number of nitrogens with zero attached hydrogens (tertiary/aromatic N) is 3. The molecule has 6 nitrogen and oxygen atoms in total. The van der Waals surface area contributed by atoms with Crippen molar-refractivity contribution in [3.05, 3.63) is 63.4 Å². The van der Waals surface area contributed by atoms with Gasteiger partial charge in [0.05, 0.1) is 28.0 Å². The molecule has 30 heavy (non-hydrogen) atoms. The molecule has 0 atom stereocenters. The molecule has 0 aliphatic heterocycles. The second-order valence-corrected chi connectivity index (χ2v) is 8.57. The van der Waals surface area contributed by atoms with Crippen LogP contribution in [0.2, 0.25) is 5.02 Å². The summed E-state index contributed by atoms with van der Waals surface area (Å²) in [5.74, 6) is 0.303. The first-order chi connectivity index (χ1) is 14.3. The highest BCUT2D eigenvalue weighted by Crippen LogP contribution is 2.35. The van der Waals surface area contributed by atoms with Crippen LogP contribution in [0.3, 0.4) is 0 Å². The molecule has 2 aromatic heterocycles. The summed E-state index contributed by atoms with van der Waals surface area (Å²) < 4.78 is 8.03. The first-order valence-electron chi connectivity index (χ1n) is 9.37. The molecule has 0 saturated heterocycles. The number of thiazole rings is 1. The SMILES string of the molecule is COc1ccc(C(=O)Nc2c(C)cc3nc(-n4nc(C)cc4C)sc3c2C)cc1Cl. The number of hydrogen-bond donors (Lipinski definition) is 1. The highest BCUT2D eigenvalue weighted by Gasteiger charge is 2.17. The van der Waals surface area contributed by atoms with Crippen LogP contribution in [0.5, 0.6) is 5.75 Å². The number of aryl methyl sites for hydroxylation is 4. The highest BCUT2D eigenvalue weighted by atomic mass is 35.5. The lowest BCUT2D eigenvalue weighted by Crippen LogP contribution is -2.14. The molecular formula is C22H21ClN4O2S. The van der Waals surface area contributed by atoms with Crippen molar-refractivity contribution in [2.24, 2.45) is 0 Å². The number of benzene rings is 2. The Hall–Kier alpha value is -2.90. The Labute approximate surface area is 183 Å². The van der Waals surface area contributed by atoms with Gasteiger partial charge in [-0.2, -0.15) is 5.10 Å². The van der Waals surface area contributed by atoms with Gasteiger partial charge in [-0.05, 0) is 69.2 Å². The Bertz CT molecular complexity index is 1290. The highest BCUT2D eigenvalue weighted by molar-refractivity contribution is 7.21. The van der Waals surface area contributed by atoms with E-state index in [-0.39, 0.29) is 5.91 Å². The molecule has 1 amide bonds. The average molecular weight is 441 g/mol. The predicted octanol–water partition coefficient (Wildman–Crippen LogP) is 5.63. The minimum Gasteiger partial charge on any atom is -0.495 e. The van der Waals surface area contributed by atoms with Crippen LogP contribution in [0.4, 0.5) is 5.69 Å². The summed E-state index contributed by atoms with van der Waals surface area (Å²) in [7, 11) is 1.54. The predicted molar refractivity (Wildman–Crippen MR) is 122 cm³/mol. The normalized spacial score (nSPS) is 11.1. The topological polar surface area (TPSA) is 69.0 Å². The monoisotopic (exact) mass is 440 g/mol. The number of rotatable bonds is 4. The molecule has 1 N–H and O–H groups in total. The Morgan fingerprint density at radius 1 is 1.17 bits per heavy atom. The van der Waals surface area contributed by atoms with Gasteiger partial charge in [-0.1, -0.05) is 22.9 Å². The molecular weight excluding hydrogens is 420 g/mol. The number of aromatic nitrogens is 3. The van der Waals surface area contributed by atoms with E-state index in [2.05, 4.69) is 10.4 Å². The zero-order chi connectivity index (χ0) is 21.6. The van der Waals surface area contributed by atoms with E-state index in [1.54, 1.807) is 29.5 Å². The Morgan fingerprint density at radius 2 is 1.93 bits per heavy atom. The number of fused-ring (bicyclic) bond motifs is 1. The molecule has 0 aliphatic rings. The fourth-order valence-electron chi connectivity index (χ4n) is 3.47. The van der Waals surface area contributed by atoms with Gasteiger partial charge in [0.2, 0.25) is 5.13 Å². The molecule has 0 radical (unpaired) electrons. The van der Waals surface area contributed by atoms with Crippen LogP contribution < -0.4 is 10.1 Å². The van der Waals surface area contributed by atoms with Crippen molar-refractivity contribution in [2.75, 3.05) is 12.4 Å². The van der Waals surface area contributed by atoms with E-state index >= 15 is 0 Å². The summed E-state index contributed by atoms with van der Waals surface area (Å²) >= 11 is 7.73. The van der Waals surface area contributed by atoms with Crippen molar-refractivity contribution in [3.63, 3.8) is 0 Å². The minimum absolute atomic E-state index is 0.228. The molecule has 0 bridgehead atoms. The quantitative estimate of drug-likeness (QED) is 0.446. The maximum absolute atomic E-state index is 12.8. The van der Waals surface area contributed by atoms with Gasteiger partial charge in [-0.3, -0.25) is 4.79 Å². The minimum atomic E-state index is -0.228. The summed E-state index contributed by atoms with van der Waals surface area (Å²) in [6.07, 6.45) is 0. The maximum Gasteiger partial charge on any atom is 0.255 e. The van der Waals surface area contributed by atoms with Crippen LogP contribution >= 0.6 is 22.9 Å². The summed E-state index contributed by atoms with van der Waals surface area (Å²) in [6, 6.07) is 8.99. The van der Waals surface area contributed by atoms with E-state index in [1.165, 1.54) is 7.11 Å². The van der Waals surface area contributed by atoms with Gasteiger partial charge in [0.15, 0.2) is 0 Å². The molecule has 8 heteroatoms. The average Bonchev–Trinajstić information content (AvgIpc) is 3.27. The van der Waals surface area contributed by atoms with Crippen LogP contribution in [-0.4, -0.2) is 27.8 Å². The van der Waals surface area contributed by atoms with Crippen LogP contribution in [0, 0.1) is 27.7 Å². The number of ether oxygens (including phenoxy) is 1. The summed E-state index contributed by atoms with van der Waals surface area (Å²) in [4.78, 5) is 17.6. The smallest absolute Gasteiger partial charge is 0.255 e. The maximum atomic E-state index is 12.8. The molecule has 0 aliphatic carbocycles. The fraction of sp³-hybridized carbons (Fsp3) is 0.227. The Kier molecular flexibility index (Phi) is 5.26. The van der Waals surface area contributed by atoms with E-state index in [0.29, 0.717) is 16.3 Å².